The van der Waals surface area contributed by atoms with Crippen LogP contribution in [0, 0.1) is 0 Å². The fourth-order valence-corrected chi connectivity index (χ4v) is 9.85. The van der Waals surface area contributed by atoms with Gasteiger partial charge in [-0.05, 0) is 44.5 Å². The van der Waals surface area contributed by atoms with Crippen molar-refractivity contribution in [2.24, 2.45) is 0 Å². The number of benzene rings is 8. The molecule has 10 rings (SSSR count). The van der Waals surface area contributed by atoms with Crippen LogP contribution in [0.25, 0.3) is 0 Å². The number of rotatable bonds is 28. The summed E-state index contributed by atoms with van der Waals surface area (Å²) in [5.74, 6) is 0. The van der Waals surface area contributed by atoms with E-state index >= 15 is 0 Å². The van der Waals surface area contributed by atoms with Crippen LogP contribution < -0.4 is 0 Å². The van der Waals surface area contributed by atoms with Gasteiger partial charge in [-0.15, -0.1) is 0 Å². The normalized spacial score (nSPS) is 23.0. The van der Waals surface area contributed by atoms with Crippen molar-refractivity contribution in [1.82, 2.24) is 0 Å². The lowest BCUT2D eigenvalue weighted by Crippen LogP contribution is -2.66. The molecule has 79 heavy (non-hydrogen) atoms. The fraction of sp³-hybridized carbons (Fsp3) is 0.294. The molecule has 11 nitrogen and oxygen atoms in total. The zero-order chi connectivity index (χ0) is 53.5. The molecule has 11 heteroatoms. The molecule has 0 radical (unpaired) electrons. The van der Waals surface area contributed by atoms with Crippen LogP contribution >= 0.6 is 0 Å². The molecule has 0 unspecified atom stereocenters. The van der Waals surface area contributed by atoms with Crippen molar-refractivity contribution in [2.45, 2.75) is 114 Å². The molecule has 0 bridgehead atoms. The molecule has 0 saturated carbocycles. The maximum absolute atomic E-state index is 7.43. The van der Waals surface area contributed by atoms with Crippen molar-refractivity contribution in [2.75, 3.05) is 13.2 Å². The highest BCUT2D eigenvalue weighted by Gasteiger charge is 2.54. The lowest BCUT2D eigenvalue weighted by atomic mass is 9.96. The van der Waals surface area contributed by atoms with Crippen LogP contribution in [-0.2, 0) is 105 Å². The lowest BCUT2D eigenvalue weighted by molar-refractivity contribution is -0.394. The minimum atomic E-state index is -1.14. The number of hydrogen-bond acceptors (Lipinski definition) is 11. The molecule has 2 saturated heterocycles. The molecule has 0 aromatic heterocycles. The number of hydrogen-bond donors (Lipinski definition) is 0. The maximum atomic E-state index is 7.43. The van der Waals surface area contributed by atoms with Crippen LogP contribution in [0.15, 0.2) is 243 Å². The molecule has 0 N–H and O–H groups in total. The quantitative estimate of drug-likeness (QED) is 0.0469. The second-order valence-corrected chi connectivity index (χ2v) is 19.8. The summed E-state index contributed by atoms with van der Waals surface area (Å²) >= 11 is 0. The Morgan fingerprint density at radius 1 is 0.228 bits per heavy atom. The van der Waals surface area contributed by atoms with E-state index in [-0.39, 0.29) is 52.9 Å². The van der Waals surface area contributed by atoms with Gasteiger partial charge in [0.05, 0.1) is 66.1 Å². The Labute approximate surface area is 464 Å². The van der Waals surface area contributed by atoms with Crippen molar-refractivity contribution in [3.05, 3.63) is 287 Å². The number of ether oxygens (including phenoxy) is 11. The molecule has 8 aromatic rings. The van der Waals surface area contributed by atoms with Crippen LogP contribution in [0.2, 0.25) is 0 Å². The van der Waals surface area contributed by atoms with Crippen LogP contribution in [0.3, 0.4) is 0 Å². The second-order valence-electron chi connectivity index (χ2n) is 19.8. The third kappa shape index (κ3) is 16.7. The van der Waals surface area contributed by atoms with E-state index in [2.05, 4.69) is 0 Å². The Bertz CT molecular complexity index is 2690. The summed E-state index contributed by atoms with van der Waals surface area (Å²) in [6.45, 7) is 2.47. The van der Waals surface area contributed by atoms with Crippen LogP contribution in [0.5, 0.6) is 0 Å². The third-order valence-corrected chi connectivity index (χ3v) is 13.9. The smallest absolute Gasteiger partial charge is 0.190 e. The minimum absolute atomic E-state index is 0.137. The van der Waals surface area contributed by atoms with Crippen molar-refractivity contribution in [3.63, 3.8) is 0 Å². The SMILES string of the molecule is c1ccc(COC[C@H]2O[C@H](O[C@H]3O[C@H](COCc4ccccc4)[C@@H](OCc4ccccc4)[C@H](OCc4ccccc4)[C@@H]3OCc3ccccc3)[C@H](OCc3ccccc3)[C@@H](OCc3ccccc3)[C@H]2OCc2ccccc2)cc1. The highest BCUT2D eigenvalue weighted by atomic mass is 16.8. The maximum Gasteiger partial charge on any atom is 0.190 e. The van der Waals surface area contributed by atoms with E-state index in [1.54, 1.807) is 0 Å². The highest BCUT2D eigenvalue weighted by molar-refractivity contribution is 5.20. The van der Waals surface area contributed by atoms with Gasteiger partial charge in [0.1, 0.15) is 48.8 Å². The minimum Gasteiger partial charge on any atom is -0.374 e. The van der Waals surface area contributed by atoms with Gasteiger partial charge < -0.3 is 52.1 Å². The molecular weight excluding hydrogens is 993 g/mol. The first-order chi connectivity index (χ1) is 39.2. The molecule has 0 amide bonds. The molecule has 2 heterocycles. The van der Waals surface area contributed by atoms with Crippen molar-refractivity contribution < 1.29 is 52.1 Å². The largest absolute Gasteiger partial charge is 0.374 e. The van der Waals surface area contributed by atoms with Gasteiger partial charge in [0.25, 0.3) is 0 Å². The molecule has 8 aromatic carbocycles. The second kappa shape index (κ2) is 30.1. The van der Waals surface area contributed by atoms with Gasteiger partial charge in [-0.2, -0.15) is 0 Å². The van der Waals surface area contributed by atoms with Gasteiger partial charge in [0, 0.05) is 0 Å². The van der Waals surface area contributed by atoms with Gasteiger partial charge in [0.15, 0.2) is 12.6 Å². The zero-order valence-corrected chi connectivity index (χ0v) is 44.4. The van der Waals surface area contributed by atoms with Gasteiger partial charge >= 0.3 is 0 Å². The van der Waals surface area contributed by atoms with E-state index in [1.807, 2.05) is 243 Å². The van der Waals surface area contributed by atoms with E-state index < -0.39 is 61.4 Å². The Balaban J connectivity index is 1.04. The van der Waals surface area contributed by atoms with Gasteiger partial charge in [-0.3, -0.25) is 0 Å². The monoisotopic (exact) mass is 1060 g/mol. The summed E-state index contributed by atoms with van der Waals surface area (Å²) in [7, 11) is 0. The summed E-state index contributed by atoms with van der Waals surface area (Å²) in [6.07, 6.45) is -8.43. The van der Waals surface area contributed by atoms with E-state index in [0.717, 1.165) is 44.5 Å². The Morgan fingerprint density at radius 2 is 0.430 bits per heavy atom. The molecule has 2 aliphatic rings. The molecular formula is C68H70O11. The van der Waals surface area contributed by atoms with E-state index in [0.29, 0.717) is 13.2 Å². The van der Waals surface area contributed by atoms with Crippen LogP contribution in [0.4, 0.5) is 0 Å². The lowest BCUT2D eigenvalue weighted by Gasteiger charge is -2.49. The van der Waals surface area contributed by atoms with Crippen molar-refractivity contribution in [1.29, 1.82) is 0 Å². The van der Waals surface area contributed by atoms with Crippen LogP contribution in [-0.4, -0.2) is 74.6 Å². The summed E-state index contributed by atoms with van der Waals surface area (Å²) in [5, 5.41) is 0. The Kier molecular flexibility index (Phi) is 21.2. The van der Waals surface area contributed by atoms with Gasteiger partial charge in [-0.25, -0.2) is 0 Å². The van der Waals surface area contributed by atoms with Crippen LogP contribution in [0.1, 0.15) is 44.5 Å². The van der Waals surface area contributed by atoms with Crippen molar-refractivity contribution >= 4 is 0 Å². The first-order valence-electron chi connectivity index (χ1n) is 27.3. The van der Waals surface area contributed by atoms with Crippen molar-refractivity contribution in [3.8, 4) is 0 Å². The molecule has 0 spiro atoms. The first-order valence-corrected chi connectivity index (χ1v) is 27.3. The molecule has 2 aliphatic heterocycles. The van der Waals surface area contributed by atoms with E-state index in [4.69, 9.17) is 52.1 Å². The Hall–Kier alpha value is -6.68. The average Bonchev–Trinajstić information content (AvgIpc) is 3.56. The molecule has 0 aliphatic carbocycles. The topological polar surface area (TPSA) is 102 Å². The molecule has 2 fully saturated rings. The predicted molar refractivity (Wildman–Crippen MR) is 301 cm³/mol. The predicted octanol–water partition coefficient (Wildman–Crippen LogP) is 12.4. The standard InChI is InChI=1S/C68H70O11/c1-9-25-51(26-10-1)41-69-49-59-61(71-43-53-29-13-3-14-30-53)63(73-45-55-33-17-5-18-34-55)65(75-47-57-37-21-7-22-38-57)67(77-59)79-68-66(76-48-58-39-23-8-24-40-58)64(74-46-56-35-19-6-20-36-56)62(72-44-54-31-15-4-16-32-54)60(78-68)50-70-42-52-27-11-2-12-28-52/h1-40,59-68H,41-50H2/t59-,60-,61-,62+,63+,64+,65+,66-,67-,68-/m1/s1. The first kappa shape index (κ1) is 55.6. The summed E-state index contributed by atoms with van der Waals surface area (Å²) < 4.78 is 77.6. The fourth-order valence-electron chi connectivity index (χ4n) is 9.85. The summed E-state index contributed by atoms with van der Waals surface area (Å²) in [6, 6.07) is 80.6. The van der Waals surface area contributed by atoms with E-state index in [1.165, 1.54) is 0 Å². The highest BCUT2D eigenvalue weighted by Crippen LogP contribution is 2.37. The Morgan fingerprint density at radius 3 is 0.671 bits per heavy atom. The third-order valence-electron chi connectivity index (χ3n) is 13.9. The summed E-state index contributed by atoms with van der Waals surface area (Å²) in [5.41, 5.74) is 7.91. The van der Waals surface area contributed by atoms with E-state index in [9.17, 15) is 0 Å². The summed E-state index contributed by atoms with van der Waals surface area (Å²) in [4.78, 5) is 0. The van der Waals surface area contributed by atoms with Gasteiger partial charge in [0.2, 0.25) is 0 Å². The molecule has 408 valence electrons. The molecule has 10 atom stereocenters. The van der Waals surface area contributed by atoms with Gasteiger partial charge in [-0.1, -0.05) is 243 Å². The average molecular weight is 1060 g/mol. The zero-order valence-electron chi connectivity index (χ0n) is 44.4.